The number of amides is 4. The van der Waals surface area contributed by atoms with Gasteiger partial charge >= 0.3 is 6.03 Å². The second-order valence-corrected chi connectivity index (χ2v) is 8.00. The van der Waals surface area contributed by atoms with E-state index in [0.29, 0.717) is 35.7 Å². The van der Waals surface area contributed by atoms with Crippen molar-refractivity contribution < 1.29 is 19.1 Å². The molecule has 0 aromatic heterocycles. The number of ether oxygens (including phenoxy) is 1. The van der Waals surface area contributed by atoms with Crippen LogP contribution in [0.5, 0.6) is 5.75 Å². The third-order valence-electron chi connectivity index (χ3n) is 5.59. The average Bonchev–Trinajstić information content (AvgIpc) is 2.97. The van der Waals surface area contributed by atoms with Crippen LogP contribution in [0, 0.1) is 0 Å². The third kappa shape index (κ3) is 3.61. The molecule has 2 aliphatic rings. The van der Waals surface area contributed by atoms with Crippen molar-refractivity contribution in [3.63, 3.8) is 0 Å². The zero-order valence-corrected chi connectivity index (χ0v) is 17.3. The van der Waals surface area contributed by atoms with Gasteiger partial charge in [0, 0.05) is 11.6 Å². The largest absolute Gasteiger partial charge is 0.496 e. The highest BCUT2D eigenvalue weighted by molar-refractivity contribution is 6.30. The lowest BCUT2D eigenvalue weighted by molar-refractivity contribution is -0.133. The second-order valence-electron chi connectivity index (χ2n) is 7.56. The molecule has 156 valence electrons. The van der Waals surface area contributed by atoms with Gasteiger partial charge in [-0.1, -0.05) is 35.9 Å². The highest BCUT2D eigenvalue weighted by atomic mass is 35.5. The summed E-state index contributed by atoms with van der Waals surface area (Å²) in [5.41, 5.74) is 0.0939. The maximum absolute atomic E-state index is 13.3. The van der Waals surface area contributed by atoms with Gasteiger partial charge in [0.1, 0.15) is 11.3 Å². The summed E-state index contributed by atoms with van der Waals surface area (Å²) < 4.78 is 5.30. The van der Waals surface area contributed by atoms with Crippen molar-refractivity contribution in [2.24, 2.45) is 0 Å². The highest BCUT2D eigenvalue weighted by Gasteiger charge is 2.53. The highest BCUT2D eigenvalue weighted by Crippen LogP contribution is 2.31. The summed E-state index contributed by atoms with van der Waals surface area (Å²) in [4.78, 5) is 41.8. The van der Waals surface area contributed by atoms with Crippen LogP contribution in [0.15, 0.2) is 48.5 Å². The molecular formula is C22H22ClN3O4. The van der Waals surface area contributed by atoms with E-state index in [-0.39, 0.29) is 24.9 Å². The maximum Gasteiger partial charge on any atom is 0.325 e. The van der Waals surface area contributed by atoms with E-state index in [0.717, 1.165) is 5.56 Å². The van der Waals surface area contributed by atoms with Crippen molar-refractivity contribution in [1.29, 1.82) is 0 Å². The number of carbonyl (C=O) groups excluding carboxylic acids is 3. The Kier molecular flexibility index (Phi) is 5.39. The predicted molar refractivity (Wildman–Crippen MR) is 111 cm³/mol. The first kappa shape index (κ1) is 20.2. The van der Waals surface area contributed by atoms with Crippen LogP contribution < -0.4 is 10.1 Å². The Morgan fingerprint density at radius 3 is 2.77 bits per heavy atom. The molecule has 1 N–H and O–H groups in total. The van der Waals surface area contributed by atoms with Crippen LogP contribution >= 0.6 is 11.6 Å². The fraction of sp³-hybridized carbons (Fsp3) is 0.318. The topological polar surface area (TPSA) is 79.0 Å². The number of urea groups is 1. The molecule has 8 heteroatoms. The van der Waals surface area contributed by atoms with E-state index in [4.69, 9.17) is 16.3 Å². The van der Waals surface area contributed by atoms with E-state index in [9.17, 15) is 14.4 Å². The number of para-hydroxylation sites is 1. The molecule has 1 spiro atoms. The normalized spacial score (nSPS) is 21.1. The van der Waals surface area contributed by atoms with Gasteiger partial charge in [-0.15, -0.1) is 0 Å². The molecule has 4 amide bonds. The number of methoxy groups -OCH3 is 1. The fourth-order valence-corrected chi connectivity index (χ4v) is 4.35. The first-order valence-corrected chi connectivity index (χ1v) is 10.1. The van der Waals surface area contributed by atoms with Gasteiger partial charge in [0.15, 0.2) is 0 Å². The molecular weight excluding hydrogens is 406 g/mol. The van der Waals surface area contributed by atoms with Gasteiger partial charge < -0.3 is 15.0 Å². The predicted octanol–water partition coefficient (Wildman–Crippen LogP) is 3.08. The molecule has 30 heavy (non-hydrogen) atoms. The van der Waals surface area contributed by atoms with Gasteiger partial charge in [0.2, 0.25) is 0 Å². The van der Waals surface area contributed by atoms with E-state index in [1.54, 1.807) is 47.4 Å². The first-order chi connectivity index (χ1) is 14.4. The molecule has 2 aromatic rings. The molecule has 7 nitrogen and oxygen atoms in total. The van der Waals surface area contributed by atoms with Crippen molar-refractivity contribution in [1.82, 2.24) is 15.1 Å². The number of nitrogens with zero attached hydrogens (tertiary/aromatic N) is 2. The van der Waals surface area contributed by atoms with E-state index in [2.05, 4.69) is 5.32 Å². The van der Waals surface area contributed by atoms with E-state index >= 15 is 0 Å². The van der Waals surface area contributed by atoms with Crippen LogP contribution in [0.2, 0.25) is 5.02 Å². The number of halogens is 1. The third-order valence-corrected chi connectivity index (χ3v) is 5.83. The molecule has 0 aliphatic carbocycles. The van der Waals surface area contributed by atoms with E-state index in [1.165, 1.54) is 12.0 Å². The monoisotopic (exact) mass is 427 g/mol. The number of piperidine rings is 1. The Morgan fingerprint density at radius 2 is 2.00 bits per heavy atom. The van der Waals surface area contributed by atoms with Crippen molar-refractivity contribution >= 4 is 29.4 Å². The first-order valence-electron chi connectivity index (χ1n) is 9.74. The van der Waals surface area contributed by atoms with Crippen LogP contribution in [0.25, 0.3) is 0 Å². The lowest BCUT2D eigenvalue weighted by Crippen LogP contribution is -2.59. The molecule has 2 fully saturated rings. The van der Waals surface area contributed by atoms with E-state index in [1.807, 2.05) is 6.07 Å². The number of hydrogen-bond donors (Lipinski definition) is 1. The van der Waals surface area contributed by atoms with Crippen LogP contribution in [0.1, 0.15) is 28.8 Å². The van der Waals surface area contributed by atoms with Crippen molar-refractivity contribution in [3.8, 4) is 5.75 Å². The van der Waals surface area contributed by atoms with Gasteiger partial charge in [-0.05, 0) is 42.7 Å². The fourth-order valence-electron chi connectivity index (χ4n) is 4.13. The molecule has 1 unspecified atom stereocenters. The quantitative estimate of drug-likeness (QED) is 0.760. The molecule has 1 atom stereocenters. The molecule has 0 bridgehead atoms. The number of benzene rings is 2. The summed E-state index contributed by atoms with van der Waals surface area (Å²) >= 11 is 6.02. The summed E-state index contributed by atoms with van der Waals surface area (Å²) in [6.45, 7) is 0.768. The van der Waals surface area contributed by atoms with Crippen molar-refractivity contribution in [2.75, 3.05) is 20.2 Å². The number of rotatable bonds is 4. The van der Waals surface area contributed by atoms with Crippen LogP contribution in [0.3, 0.4) is 0 Å². The Morgan fingerprint density at radius 1 is 1.20 bits per heavy atom. The molecule has 0 radical (unpaired) electrons. The van der Waals surface area contributed by atoms with Crippen molar-refractivity contribution in [3.05, 3.63) is 64.7 Å². The van der Waals surface area contributed by atoms with Crippen LogP contribution in [-0.2, 0) is 11.3 Å². The minimum absolute atomic E-state index is 0.125. The molecule has 2 heterocycles. The summed E-state index contributed by atoms with van der Waals surface area (Å²) in [5.74, 6) is -0.0571. The zero-order valence-electron chi connectivity index (χ0n) is 16.6. The Labute approximate surface area is 179 Å². The number of hydrogen-bond acceptors (Lipinski definition) is 4. The van der Waals surface area contributed by atoms with Gasteiger partial charge in [-0.2, -0.15) is 0 Å². The number of imide groups is 1. The smallest absolute Gasteiger partial charge is 0.325 e. The lowest BCUT2D eigenvalue weighted by Gasteiger charge is -2.38. The Bertz CT molecular complexity index is 1010. The summed E-state index contributed by atoms with van der Waals surface area (Å²) in [6, 6.07) is 13.6. The van der Waals surface area contributed by atoms with Crippen LogP contribution in [0.4, 0.5) is 4.79 Å². The summed E-state index contributed by atoms with van der Waals surface area (Å²) in [7, 11) is 1.51. The van der Waals surface area contributed by atoms with Gasteiger partial charge in [-0.3, -0.25) is 14.5 Å². The van der Waals surface area contributed by atoms with E-state index < -0.39 is 11.6 Å². The average molecular weight is 428 g/mol. The number of nitrogens with one attached hydrogen (secondary N) is 1. The summed E-state index contributed by atoms with van der Waals surface area (Å²) in [5, 5.41) is 3.39. The van der Waals surface area contributed by atoms with Gasteiger partial charge in [-0.25, -0.2) is 4.79 Å². The SMILES string of the molecule is COc1ccccc1C(=O)N1CCCC2(C1)NC(=O)N(Cc1cccc(Cl)c1)C2=O. The molecule has 0 saturated carbocycles. The minimum atomic E-state index is -1.11. The minimum Gasteiger partial charge on any atom is -0.496 e. The zero-order chi connectivity index (χ0) is 21.3. The molecule has 2 saturated heterocycles. The maximum atomic E-state index is 13.3. The summed E-state index contributed by atoms with van der Waals surface area (Å²) in [6.07, 6.45) is 1.09. The standard InChI is InChI=1S/C22H22ClN3O4/c1-30-18-9-3-2-8-17(18)19(27)25-11-5-10-22(14-25)20(28)26(21(29)24-22)13-15-6-4-7-16(23)12-15/h2-4,6-9,12H,5,10-11,13-14H2,1H3,(H,24,29). The molecule has 4 rings (SSSR count). The Balaban J connectivity index is 1.55. The second kappa shape index (κ2) is 7.99. The van der Waals surface area contributed by atoms with Crippen molar-refractivity contribution in [2.45, 2.75) is 24.9 Å². The number of carbonyl (C=O) groups is 3. The Hall–Kier alpha value is -3.06. The lowest BCUT2D eigenvalue weighted by atomic mass is 9.88. The number of likely N-dealkylation sites (tertiary alicyclic amines) is 1. The van der Waals surface area contributed by atoms with Crippen LogP contribution in [-0.4, -0.2) is 53.4 Å². The van der Waals surface area contributed by atoms with Gasteiger partial charge in [0.25, 0.3) is 11.8 Å². The van der Waals surface area contributed by atoms with Gasteiger partial charge in [0.05, 0.1) is 25.8 Å². The molecule has 2 aliphatic heterocycles. The molecule has 2 aromatic carbocycles.